The average Bonchev–Trinajstić information content (AvgIpc) is 1.83. The molecule has 0 amide bonds. The van der Waals surface area contributed by atoms with Crippen molar-refractivity contribution in [3.8, 4) is 0 Å². The van der Waals surface area contributed by atoms with E-state index in [2.05, 4.69) is 4.98 Å². The normalized spacial score (nSPS) is 11.7. The molecule has 0 aliphatic carbocycles. The van der Waals surface area contributed by atoms with Gasteiger partial charge in [-0.25, -0.2) is 9.37 Å². The van der Waals surface area contributed by atoms with Gasteiger partial charge in [-0.2, -0.15) is 13.2 Å². The van der Waals surface area contributed by atoms with Gasteiger partial charge in [0.1, 0.15) is 7.85 Å². The van der Waals surface area contributed by atoms with Crippen LogP contribution < -0.4 is 5.46 Å². The van der Waals surface area contributed by atoms with Crippen LogP contribution in [0.2, 0.25) is 0 Å². The Labute approximate surface area is 66.8 Å². The van der Waals surface area contributed by atoms with Crippen LogP contribution in [0.3, 0.4) is 0 Å². The average molecular weight is 175 g/mol. The number of aromatic nitrogens is 1. The molecule has 0 atom stereocenters. The molecule has 0 aliphatic rings. The molecule has 1 aromatic heterocycles. The standard InChI is InChI=1S/C6H2BF4N/c7-3-1-4(8)5(12-2-3)6(9,10)11/h1-2H. The minimum absolute atomic E-state index is 0.138. The van der Waals surface area contributed by atoms with Crippen molar-refractivity contribution in [3.63, 3.8) is 0 Å². The predicted molar refractivity (Wildman–Crippen MR) is 34.6 cm³/mol. The predicted octanol–water partition coefficient (Wildman–Crippen LogP) is 1.03. The number of rotatable bonds is 0. The summed E-state index contributed by atoms with van der Waals surface area (Å²) in [6.45, 7) is 0. The van der Waals surface area contributed by atoms with Crippen molar-refractivity contribution < 1.29 is 17.6 Å². The smallest absolute Gasteiger partial charge is 0.250 e. The van der Waals surface area contributed by atoms with Gasteiger partial charge in [-0.05, 0) is 6.07 Å². The van der Waals surface area contributed by atoms with Gasteiger partial charge in [-0.1, -0.05) is 5.46 Å². The molecule has 0 unspecified atom stereocenters. The van der Waals surface area contributed by atoms with Crippen LogP contribution in [0.15, 0.2) is 12.3 Å². The molecule has 6 heteroatoms. The molecule has 0 aromatic carbocycles. The van der Waals surface area contributed by atoms with Crippen LogP contribution in [0, 0.1) is 5.82 Å². The zero-order chi connectivity index (χ0) is 9.35. The highest BCUT2D eigenvalue weighted by Crippen LogP contribution is 2.28. The van der Waals surface area contributed by atoms with Crippen LogP contribution in [-0.2, 0) is 6.18 Å². The van der Waals surface area contributed by atoms with Crippen molar-refractivity contribution >= 4 is 13.3 Å². The van der Waals surface area contributed by atoms with E-state index in [1.54, 1.807) is 0 Å². The summed E-state index contributed by atoms with van der Waals surface area (Å²) < 4.78 is 48.0. The van der Waals surface area contributed by atoms with Crippen LogP contribution in [0.5, 0.6) is 0 Å². The molecule has 62 valence electrons. The summed E-state index contributed by atoms with van der Waals surface area (Å²) in [5.74, 6) is -1.46. The van der Waals surface area contributed by atoms with E-state index in [1.165, 1.54) is 0 Å². The first-order chi connectivity index (χ1) is 5.41. The molecule has 0 fully saturated rings. The third-order valence-electron chi connectivity index (χ3n) is 1.13. The topological polar surface area (TPSA) is 12.9 Å². The second-order valence-corrected chi connectivity index (χ2v) is 2.10. The van der Waals surface area contributed by atoms with Gasteiger partial charge in [0.25, 0.3) is 0 Å². The molecule has 1 nitrogen and oxygen atoms in total. The highest BCUT2D eigenvalue weighted by atomic mass is 19.4. The fourth-order valence-corrected chi connectivity index (χ4v) is 0.661. The summed E-state index contributed by atoms with van der Waals surface area (Å²) in [7, 11) is 5.00. The number of nitrogens with zero attached hydrogens (tertiary/aromatic N) is 1. The lowest BCUT2D eigenvalue weighted by Crippen LogP contribution is -2.15. The van der Waals surface area contributed by atoms with E-state index in [1.807, 2.05) is 0 Å². The third-order valence-corrected chi connectivity index (χ3v) is 1.13. The van der Waals surface area contributed by atoms with E-state index in [-0.39, 0.29) is 5.46 Å². The van der Waals surface area contributed by atoms with Gasteiger partial charge in [0.15, 0.2) is 11.5 Å². The first-order valence-corrected chi connectivity index (χ1v) is 2.89. The minimum Gasteiger partial charge on any atom is -0.250 e. The Balaban J connectivity index is 3.19. The lowest BCUT2D eigenvalue weighted by molar-refractivity contribution is -0.143. The highest BCUT2D eigenvalue weighted by Gasteiger charge is 2.35. The lowest BCUT2D eigenvalue weighted by Gasteiger charge is -2.06. The quantitative estimate of drug-likeness (QED) is 0.423. The van der Waals surface area contributed by atoms with Crippen LogP contribution in [0.1, 0.15) is 5.69 Å². The van der Waals surface area contributed by atoms with Crippen LogP contribution >= 0.6 is 0 Å². The van der Waals surface area contributed by atoms with Gasteiger partial charge in [0, 0.05) is 6.20 Å². The Morgan fingerprint density at radius 1 is 1.33 bits per heavy atom. The first-order valence-electron chi connectivity index (χ1n) is 2.89. The van der Waals surface area contributed by atoms with E-state index < -0.39 is 17.7 Å². The molecular formula is C6H2BF4N. The summed E-state index contributed by atoms with van der Waals surface area (Å²) in [5, 5.41) is 0. The lowest BCUT2D eigenvalue weighted by atomic mass is 9.98. The molecule has 0 aliphatic heterocycles. The fraction of sp³-hybridized carbons (Fsp3) is 0.167. The van der Waals surface area contributed by atoms with Crippen molar-refractivity contribution in [3.05, 3.63) is 23.8 Å². The molecule has 0 N–H and O–H groups in total. The van der Waals surface area contributed by atoms with Gasteiger partial charge >= 0.3 is 6.18 Å². The summed E-state index contributed by atoms with van der Waals surface area (Å²) in [5.41, 5.74) is -1.68. The van der Waals surface area contributed by atoms with E-state index in [4.69, 9.17) is 7.85 Å². The van der Waals surface area contributed by atoms with Gasteiger partial charge in [-0.15, -0.1) is 0 Å². The molecule has 0 spiro atoms. The molecule has 0 saturated carbocycles. The Morgan fingerprint density at radius 2 is 1.92 bits per heavy atom. The maximum Gasteiger partial charge on any atom is 0.436 e. The zero-order valence-corrected chi connectivity index (χ0v) is 5.69. The molecule has 0 saturated heterocycles. The van der Waals surface area contributed by atoms with Crippen LogP contribution in [-0.4, -0.2) is 12.8 Å². The monoisotopic (exact) mass is 175 g/mol. The maximum absolute atomic E-state index is 12.5. The van der Waals surface area contributed by atoms with E-state index >= 15 is 0 Å². The number of alkyl halides is 3. The summed E-state index contributed by atoms with van der Waals surface area (Å²) in [6, 6.07) is 0.579. The Kier molecular flexibility index (Phi) is 2.08. The van der Waals surface area contributed by atoms with E-state index in [0.717, 1.165) is 6.20 Å². The van der Waals surface area contributed by atoms with Crippen molar-refractivity contribution in [1.29, 1.82) is 0 Å². The second-order valence-electron chi connectivity index (χ2n) is 2.10. The summed E-state index contributed by atoms with van der Waals surface area (Å²) >= 11 is 0. The van der Waals surface area contributed by atoms with Crippen molar-refractivity contribution in [1.82, 2.24) is 4.98 Å². The molecule has 0 bridgehead atoms. The molecule has 1 heterocycles. The van der Waals surface area contributed by atoms with Crippen molar-refractivity contribution in [2.45, 2.75) is 6.18 Å². The van der Waals surface area contributed by atoms with Crippen LogP contribution in [0.25, 0.3) is 0 Å². The molecule has 12 heavy (non-hydrogen) atoms. The molecule has 1 rings (SSSR count). The first kappa shape index (κ1) is 9.03. The Hall–Kier alpha value is -1.07. The van der Waals surface area contributed by atoms with E-state index in [9.17, 15) is 17.6 Å². The molecule has 1 aromatic rings. The highest BCUT2D eigenvalue weighted by molar-refractivity contribution is 6.32. The fourth-order valence-electron chi connectivity index (χ4n) is 0.661. The summed E-state index contributed by atoms with van der Waals surface area (Å²) in [6.07, 6.45) is -4.01. The van der Waals surface area contributed by atoms with Gasteiger partial charge in [0.05, 0.1) is 0 Å². The van der Waals surface area contributed by atoms with Crippen molar-refractivity contribution in [2.24, 2.45) is 0 Å². The van der Waals surface area contributed by atoms with Crippen molar-refractivity contribution in [2.75, 3.05) is 0 Å². The van der Waals surface area contributed by atoms with E-state index in [0.29, 0.717) is 6.07 Å². The van der Waals surface area contributed by atoms with Gasteiger partial charge in [0.2, 0.25) is 0 Å². The number of hydrogen-bond donors (Lipinski definition) is 0. The zero-order valence-electron chi connectivity index (χ0n) is 5.69. The maximum atomic E-state index is 12.5. The number of hydrogen-bond acceptors (Lipinski definition) is 1. The van der Waals surface area contributed by atoms with Gasteiger partial charge < -0.3 is 0 Å². The largest absolute Gasteiger partial charge is 0.436 e. The molecular weight excluding hydrogens is 173 g/mol. The third kappa shape index (κ3) is 1.75. The second kappa shape index (κ2) is 2.77. The minimum atomic E-state index is -4.77. The molecule has 2 radical (unpaired) electrons. The summed E-state index contributed by atoms with van der Waals surface area (Å²) in [4.78, 5) is 2.82. The Bertz CT molecular complexity index is 296. The SMILES string of the molecule is [B]c1cnc(C(F)(F)F)c(F)c1. The Morgan fingerprint density at radius 3 is 2.33 bits per heavy atom. The van der Waals surface area contributed by atoms with Crippen LogP contribution in [0.4, 0.5) is 17.6 Å². The number of pyridine rings is 1. The van der Waals surface area contributed by atoms with Gasteiger partial charge in [-0.3, -0.25) is 0 Å². The number of halogens is 4.